The van der Waals surface area contributed by atoms with Crippen molar-refractivity contribution in [3.8, 4) is 0 Å². The van der Waals surface area contributed by atoms with Gasteiger partial charge in [-0.15, -0.1) is 0 Å². The summed E-state index contributed by atoms with van der Waals surface area (Å²) in [6, 6.07) is 0. The summed E-state index contributed by atoms with van der Waals surface area (Å²) in [7, 11) is 0. The van der Waals surface area contributed by atoms with Crippen LogP contribution in [0.25, 0.3) is 0 Å². The molecule has 3 heteroatoms. The first-order valence-corrected chi connectivity index (χ1v) is 7.59. The number of amides is 2. The Morgan fingerprint density at radius 1 is 1.06 bits per heavy atom. The standard InChI is InChI=1S/C15H27NO2/c1-2-3-4-5-6-7-8-9-11-14(17)16-13-10-12-15(16)18/h2-13H2,1H3. The van der Waals surface area contributed by atoms with Gasteiger partial charge in [-0.1, -0.05) is 51.9 Å². The van der Waals surface area contributed by atoms with Gasteiger partial charge in [0.05, 0.1) is 0 Å². The zero-order chi connectivity index (χ0) is 13.2. The molecule has 0 radical (unpaired) electrons. The van der Waals surface area contributed by atoms with E-state index in [-0.39, 0.29) is 11.8 Å². The number of hydrogen-bond donors (Lipinski definition) is 0. The maximum Gasteiger partial charge on any atom is 0.229 e. The van der Waals surface area contributed by atoms with Gasteiger partial charge in [-0.25, -0.2) is 0 Å². The summed E-state index contributed by atoms with van der Waals surface area (Å²) >= 11 is 0. The molecule has 0 N–H and O–H groups in total. The summed E-state index contributed by atoms with van der Waals surface area (Å²) in [4.78, 5) is 24.5. The van der Waals surface area contributed by atoms with Crippen LogP contribution in [0.1, 0.15) is 77.6 Å². The topological polar surface area (TPSA) is 37.4 Å². The molecule has 1 aliphatic rings. The van der Waals surface area contributed by atoms with Crippen LogP contribution in [-0.2, 0) is 9.59 Å². The van der Waals surface area contributed by atoms with E-state index in [4.69, 9.17) is 0 Å². The van der Waals surface area contributed by atoms with Crippen LogP contribution in [0.3, 0.4) is 0 Å². The molecule has 0 unspecified atom stereocenters. The van der Waals surface area contributed by atoms with Crippen LogP contribution in [0.4, 0.5) is 0 Å². The number of carbonyl (C=O) groups is 2. The fourth-order valence-corrected chi connectivity index (χ4v) is 2.46. The largest absolute Gasteiger partial charge is 0.283 e. The summed E-state index contributed by atoms with van der Waals surface area (Å²) in [5.74, 6) is 0.0723. The van der Waals surface area contributed by atoms with E-state index in [2.05, 4.69) is 6.92 Å². The highest BCUT2D eigenvalue weighted by atomic mass is 16.2. The van der Waals surface area contributed by atoms with E-state index in [0.29, 0.717) is 19.4 Å². The van der Waals surface area contributed by atoms with Crippen molar-refractivity contribution in [3.05, 3.63) is 0 Å². The van der Waals surface area contributed by atoms with Gasteiger partial charge in [0, 0.05) is 19.4 Å². The van der Waals surface area contributed by atoms with Crippen molar-refractivity contribution in [1.29, 1.82) is 0 Å². The number of imide groups is 1. The van der Waals surface area contributed by atoms with Gasteiger partial charge in [-0.05, 0) is 12.8 Å². The number of hydrogen-bond acceptors (Lipinski definition) is 2. The first-order chi connectivity index (χ1) is 8.75. The first-order valence-electron chi connectivity index (χ1n) is 7.59. The van der Waals surface area contributed by atoms with Crippen molar-refractivity contribution >= 4 is 11.8 Å². The lowest BCUT2D eigenvalue weighted by molar-refractivity contribution is -0.141. The molecular weight excluding hydrogens is 226 g/mol. The molecule has 0 aromatic carbocycles. The summed E-state index contributed by atoms with van der Waals surface area (Å²) in [5, 5.41) is 0. The lowest BCUT2D eigenvalue weighted by Gasteiger charge is -2.12. The van der Waals surface area contributed by atoms with E-state index >= 15 is 0 Å². The van der Waals surface area contributed by atoms with Crippen LogP contribution in [0.5, 0.6) is 0 Å². The highest BCUT2D eigenvalue weighted by molar-refractivity contribution is 5.96. The van der Waals surface area contributed by atoms with E-state index < -0.39 is 0 Å². The minimum atomic E-state index is 0.0274. The molecule has 0 bridgehead atoms. The van der Waals surface area contributed by atoms with Crippen molar-refractivity contribution in [1.82, 2.24) is 4.90 Å². The van der Waals surface area contributed by atoms with Crippen molar-refractivity contribution in [2.45, 2.75) is 77.6 Å². The van der Waals surface area contributed by atoms with Gasteiger partial charge in [0.25, 0.3) is 0 Å². The van der Waals surface area contributed by atoms with Crippen molar-refractivity contribution in [2.75, 3.05) is 6.54 Å². The van der Waals surface area contributed by atoms with E-state index in [1.165, 1.54) is 43.4 Å². The molecule has 0 aliphatic carbocycles. The monoisotopic (exact) mass is 253 g/mol. The SMILES string of the molecule is CCCCCCCCCCC(=O)N1CCCC1=O. The summed E-state index contributed by atoms with van der Waals surface area (Å²) in [5.41, 5.74) is 0. The molecule has 0 spiro atoms. The van der Waals surface area contributed by atoms with Crippen LogP contribution < -0.4 is 0 Å². The number of unbranched alkanes of at least 4 members (excludes halogenated alkanes) is 7. The van der Waals surface area contributed by atoms with Gasteiger partial charge in [-0.3, -0.25) is 14.5 Å². The zero-order valence-corrected chi connectivity index (χ0v) is 11.7. The molecular formula is C15H27NO2. The van der Waals surface area contributed by atoms with Crippen LogP contribution >= 0.6 is 0 Å². The molecule has 1 aliphatic heterocycles. The minimum Gasteiger partial charge on any atom is -0.283 e. The second-order valence-electron chi connectivity index (χ2n) is 5.27. The fourth-order valence-electron chi connectivity index (χ4n) is 2.46. The summed E-state index contributed by atoms with van der Waals surface area (Å²) in [6.45, 7) is 2.87. The lowest BCUT2D eigenvalue weighted by atomic mass is 10.1. The second kappa shape index (κ2) is 9.12. The van der Waals surface area contributed by atoms with Gasteiger partial charge >= 0.3 is 0 Å². The molecule has 2 amide bonds. The molecule has 1 fully saturated rings. The Labute approximate surface area is 111 Å². The van der Waals surface area contributed by atoms with Gasteiger partial charge in [-0.2, -0.15) is 0 Å². The third-order valence-electron chi connectivity index (χ3n) is 3.62. The van der Waals surface area contributed by atoms with E-state index in [1.807, 2.05) is 0 Å². The third kappa shape index (κ3) is 5.65. The number of rotatable bonds is 9. The Kier molecular flexibility index (Phi) is 7.70. The number of likely N-dealkylation sites (tertiary alicyclic amines) is 1. The van der Waals surface area contributed by atoms with Gasteiger partial charge in [0.15, 0.2) is 0 Å². The van der Waals surface area contributed by atoms with Gasteiger partial charge < -0.3 is 0 Å². The maximum absolute atomic E-state index is 11.7. The van der Waals surface area contributed by atoms with E-state index in [9.17, 15) is 9.59 Å². The Morgan fingerprint density at radius 3 is 2.22 bits per heavy atom. The van der Waals surface area contributed by atoms with E-state index in [0.717, 1.165) is 19.3 Å². The Hall–Kier alpha value is -0.860. The summed E-state index contributed by atoms with van der Waals surface area (Å²) in [6.07, 6.45) is 11.8. The summed E-state index contributed by atoms with van der Waals surface area (Å²) < 4.78 is 0. The predicted octanol–water partition coefficient (Wildman–Crippen LogP) is 3.67. The highest BCUT2D eigenvalue weighted by Gasteiger charge is 2.25. The minimum absolute atomic E-state index is 0.0274. The van der Waals surface area contributed by atoms with Crippen molar-refractivity contribution in [3.63, 3.8) is 0 Å². The maximum atomic E-state index is 11.7. The van der Waals surface area contributed by atoms with Crippen LogP contribution in [0, 0.1) is 0 Å². The number of carbonyl (C=O) groups excluding carboxylic acids is 2. The Morgan fingerprint density at radius 2 is 1.67 bits per heavy atom. The molecule has 0 aromatic rings. The van der Waals surface area contributed by atoms with Crippen LogP contribution in [-0.4, -0.2) is 23.3 Å². The predicted molar refractivity (Wildman–Crippen MR) is 73.2 cm³/mol. The second-order valence-corrected chi connectivity index (χ2v) is 5.27. The molecule has 1 saturated heterocycles. The van der Waals surface area contributed by atoms with Crippen LogP contribution in [0.15, 0.2) is 0 Å². The quantitative estimate of drug-likeness (QED) is 0.588. The molecule has 1 rings (SSSR count). The highest BCUT2D eigenvalue weighted by Crippen LogP contribution is 2.14. The fraction of sp³-hybridized carbons (Fsp3) is 0.867. The number of nitrogens with zero attached hydrogens (tertiary/aromatic N) is 1. The van der Waals surface area contributed by atoms with Gasteiger partial charge in [0.1, 0.15) is 0 Å². The molecule has 0 aromatic heterocycles. The normalized spacial score (nSPS) is 15.4. The van der Waals surface area contributed by atoms with Crippen LogP contribution in [0.2, 0.25) is 0 Å². The average molecular weight is 253 g/mol. The van der Waals surface area contributed by atoms with Crippen molar-refractivity contribution in [2.24, 2.45) is 0 Å². The molecule has 1 heterocycles. The Bertz CT molecular complexity index is 263. The average Bonchev–Trinajstić information content (AvgIpc) is 2.79. The molecule has 3 nitrogen and oxygen atoms in total. The molecule has 0 saturated carbocycles. The Balaban J connectivity index is 1.94. The zero-order valence-electron chi connectivity index (χ0n) is 11.7. The first kappa shape index (κ1) is 15.2. The molecule has 104 valence electrons. The smallest absolute Gasteiger partial charge is 0.229 e. The third-order valence-corrected chi connectivity index (χ3v) is 3.62. The lowest BCUT2D eigenvalue weighted by Crippen LogP contribution is -2.31. The van der Waals surface area contributed by atoms with Gasteiger partial charge in [0.2, 0.25) is 11.8 Å². The van der Waals surface area contributed by atoms with Crippen molar-refractivity contribution < 1.29 is 9.59 Å². The molecule has 0 atom stereocenters. The van der Waals surface area contributed by atoms with E-state index in [1.54, 1.807) is 0 Å². The molecule has 18 heavy (non-hydrogen) atoms.